The van der Waals surface area contributed by atoms with Crippen LogP contribution in [0.15, 0.2) is 53.4 Å². The van der Waals surface area contributed by atoms with Crippen molar-refractivity contribution >= 4 is 33.5 Å². The minimum absolute atomic E-state index is 0.00957. The number of benzene rings is 2. The molecule has 1 aliphatic rings. The molecule has 0 bridgehead atoms. The average molecular weight is 467 g/mol. The maximum absolute atomic E-state index is 12.8. The predicted octanol–water partition coefficient (Wildman–Crippen LogP) is 2.40. The molecule has 0 aliphatic carbocycles. The van der Waals surface area contributed by atoms with Gasteiger partial charge in [-0.1, -0.05) is 29.8 Å². The zero-order valence-corrected chi connectivity index (χ0v) is 18.5. The fourth-order valence-electron chi connectivity index (χ4n) is 3.05. The largest absolute Gasteiger partial charge is 0.452 e. The zero-order chi connectivity index (χ0) is 22.4. The Hall–Kier alpha value is -2.46. The van der Waals surface area contributed by atoms with Gasteiger partial charge in [-0.3, -0.25) is 4.79 Å². The number of ether oxygens (including phenoxy) is 2. The molecule has 0 aromatic heterocycles. The van der Waals surface area contributed by atoms with Crippen molar-refractivity contribution in [3.8, 4) is 0 Å². The zero-order valence-electron chi connectivity index (χ0n) is 16.9. The first kappa shape index (κ1) is 23.2. The van der Waals surface area contributed by atoms with Crippen LogP contribution in [0.2, 0.25) is 5.02 Å². The lowest BCUT2D eigenvalue weighted by Gasteiger charge is -2.26. The minimum Gasteiger partial charge on any atom is -0.452 e. The summed E-state index contributed by atoms with van der Waals surface area (Å²) in [5.41, 5.74) is 0.901. The summed E-state index contributed by atoms with van der Waals surface area (Å²) in [5, 5.41) is 3.32. The molecule has 10 heteroatoms. The van der Waals surface area contributed by atoms with Crippen molar-refractivity contribution in [2.24, 2.45) is 0 Å². The van der Waals surface area contributed by atoms with Crippen LogP contribution in [0.4, 0.5) is 0 Å². The number of amides is 1. The Bertz CT molecular complexity index is 1040. The molecule has 2 aromatic carbocycles. The number of nitrogens with zero attached hydrogens (tertiary/aromatic N) is 1. The van der Waals surface area contributed by atoms with Crippen molar-refractivity contribution < 1.29 is 27.5 Å². The van der Waals surface area contributed by atoms with E-state index >= 15 is 0 Å². The molecule has 0 spiro atoms. The lowest BCUT2D eigenvalue weighted by Crippen LogP contribution is -2.40. The standard InChI is InChI=1S/C21H23ClN2O6S/c1-15(16-5-7-18(22)8-6-16)23-20(25)14-30-21(26)17-3-2-4-19(13-17)31(27,28)24-9-11-29-12-10-24/h2-8,13,15H,9-12,14H2,1H3,(H,23,25). The minimum atomic E-state index is -3.74. The molecule has 0 saturated carbocycles. The first-order chi connectivity index (χ1) is 14.8. The predicted molar refractivity (Wildman–Crippen MR) is 114 cm³/mol. The van der Waals surface area contributed by atoms with E-state index in [-0.39, 0.29) is 29.6 Å². The third kappa shape index (κ3) is 6.04. The van der Waals surface area contributed by atoms with E-state index in [0.29, 0.717) is 18.2 Å². The van der Waals surface area contributed by atoms with Crippen molar-refractivity contribution in [3.63, 3.8) is 0 Å². The first-order valence-corrected chi connectivity index (χ1v) is 11.5. The normalized spacial score (nSPS) is 15.8. The molecule has 3 rings (SSSR count). The van der Waals surface area contributed by atoms with Gasteiger partial charge in [-0.05, 0) is 42.8 Å². The molecule has 1 aliphatic heterocycles. The summed E-state index contributed by atoms with van der Waals surface area (Å²) in [5.74, 6) is -1.26. The van der Waals surface area contributed by atoms with Gasteiger partial charge in [-0.2, -0.15) is 4.31 Å². The third-order valence-corrected chi connectivity index (χ3v) is 6.91. The van der Waals surface area contributed by atoms with Crippen molar-refractivity contribution in [1.82, 2.24) is 9.62 Å². The van der Waals surface area contributed by atoms with E-state index < -0.39 is 28.5 Å². The van der Waals surface area contributed by atoms with Gasteiger partial charge in [0.05, 0.1) is 29.7 Å². The number of sulfonamides is 1. The number of halogens is 1. The molecule has 31 heavy (non-hydrogen) atoms. The Kier molecular flexibility index (Phi) is 7.66. The average Bonchev–Trinajstić information content (AvgIpc) is 2.78. The van der Waals surface area contributed by atoms with E-state index in [1.807, 2.05) is 0 Å². The molecule has 1 unspecified atom stereocenters. The summed E-state index contributed by atoms with van der Waals surface area (Å²) in [6, 6.07) is 12.3. The fourth-order valence-corrected chi connectivity index (χ4v) is 4.63. The topological polar surface area (TPSA) is 102 Å². The van der Waals surface area contributed by atoms with E-state index in [1.165, 1.54) is 28.6 Å². The maximum atomic E-state index is 12.8. The lowest BCUT2D eigenvalue weighted by atomic mass is 10.1. The number of morpholine rings is 1. The second-order valence-corrected chi connectivity index (χ2v) is 9.34. The molecular weight excluding hydrogens is 444 g/mol. The molecule has 8 nitrogen and oxygen atoms in total. The van der Waals surface area contributed by atoms with Gasteiger partial charge in [0, 0.05) is 18.1 Å². The summed E-state index contributed by atoms with van der Waals surface area (Å²) < 4.78 is 37.1. The van der Waals surface area contributed by atoms with E-state index in [4.69, 9.17) is 21.1 Å². The molecule has 1 saturated heterocycles. The monoisotopic (exact) mass is 466 g/mol. The molecule has 0 radical (unpaired) electrons. The Balaban J connectivity index is 1.58. The molecule has 1 fully saturated rings. The molecule has 1 atom stereocenters. The second kappa shape index (κ2) is 10.2. The Labute approximate surface area is 186 Å². The number of hydrogen-bond donors (Lipinski definition) is 1. The van der Waals surface area contributed by atoms with Crippen molar-refractivity contribution in [3.05, 3.63) is 64.7 Å². The number of rotatable bonds is 7. The van der Waals surface area contributed by atoms with Crippen molar-refractivity contribution in [2.75, 3.05) is 32.9 Å². The van der Waals surface area contributed by atoms with E-state index in [0.717, 1.165) is 5.56 Å². The van der Waals surface area contributed by atoms with E-state index in [9.17, 15) is 18.0 Å². The number of carbonyl (C=O) groups is 2. The number of nitrogens with one attached hydrogen (secondary N) is 1. The molecule has 166 valence electrons. The second-order valence-electron chi connectivity index (χ2n) is 6.96. The van der Waals surface area contributed by atoms with Gasteiger partial charge in [0.1, 0.15) is 0 Å². The van der Waals surface area contributed by atoms with Crippen molar-refractivity contribution in [2.45, 2.75) is 17.9 Å². The Morgan fingerprint density at radius 2 is 1.84 bits per heavy atom. The summed E-state index contributed by atoms with van der Waals surface area (Å²) >= 11 is 5.86. The van der Waals surface area contributed by atoms with Crippen LogP contribution in [0, 0.1) is 0 Å². The SMILES string of the molecule is CC(NC(=O)COC(=O)c1cccc(S(=O)(=O)N2CCOCC2)c1)c1ccc(Cl)cc1. The summed E-state index contributed by atoms with van der Waals surface area (Å²) in [6.45, 7) is 2.46. The third-order valence-electron chi connectivity index (χ3n) is 4.76. The quantitative estimate of drug-likeness (QED) is 0.628. The van der Waals surface area contributed by atoms with E-state index in [1.54, 1.807) is 31.2 Å². The van der Waals surface area contributed by atoms with E-state index in [2.05, 4.69) is 5.32 Å². The van der Waals surface area contributed by atoms with Crippen LogP contribution in [0.25, 0.3) is 0 Å². The highest BCUT2D eigenvalue weighted by molar-refractivity contribution is 7.89. The van der Waals surface area contributed by atoms with Crippen LogP contribution in [-0.4, -0.2) is 57.5 Å². The van der Waals surface area contributed by atoms with Gasteiger partial charge in [-0.15, -0.1) is 0 Å². The lowest BCUT2D eigenvalue weighted by molar-refractivity contribution is -0.124. The number of hydrogen-bond acceptors (Lipinski definition) is 6. The number of esters is 1. The molecule has 1 amide bonds. The van der Waals surface area contributed by atoms with Gasteiger partial charge >= 0.3 is 5.97 Å². The van der Waals surface area contributed by atoms with Gasteiger partial charge in [0.2, 0.25) is 10.0 Å². The fraction of sp³-hybridized carbons (Fsp3) is 0.333. The summed E-state index contributed by atoms with van der Waals surface area (Å²) in [7, 11) is -3.74. The van der Waals surface area contributed by atoms with Crippen LogP contribution >= 0.6 is 11.6 Å². The summed E-state index contributed by atoms with van der Waals surface area (Å²) in [6.07, 6.45) is 0. The van der Waals surface area contributed by atoms with Gasteiger partial charge in [0.15, 0.2) is 6.61 Å². The Morgan fingerprint density at radius 1 is 1.16 bits per heavy atom. The highest BCUT2D eigenvalue weighted by atomic mass is 35.5. The molecule has 1 heterocycles. The van der Waals surface area contributed by atoms with Gasteiger partial charge in [-0.25, -0.2) is 13.2 Å². The summed E-state index contributed by atoms with van der Waals surface area (Å²) in [4.78, 5) is 24.5. The molecule has 2 aromatic rings. The highest BCUT2D eigenvalue weighted by Gasteiger charge is 2.27. The van der Waals surface area contributed by atoms with Crippen LogP contribution in [-0.2, 0) is 24.3 Å². The smallest absolute Gasteiger partial charge is 0.338 e. The number of carbonyl (C=O) groups excluding carboxylic acids is 2. The van der Waals surface area contributed by atoms with Crippen LogP contribution in [0.1, 0.15) is 28.9 Å². The van der Waals surface area contributed by atoms with Crippen molar-refractivity contribution in [1.29, 1.82) is 0 Å². The van der Waals surface area contributed by atoms with Crippen LogP contribution in [0.5, 0.6) is 0 Å². The first-order valence-electron chi connectivity index (χ1n) is 9.67. The van der Waals surface area contributed by atoms with Gasteiger partial charge in [0.25, 0.3) is 5.91 Å². The van der Waals surface area contributed by atoms with Crippen LogP contribution in [0.3, 0.4) is 0 Å². The van der Waals surface area contributed by atoms with Gasteiger partial charge < -0.3 is 14.8 Å². The molecular formula is C21H23ClN2O6S. The van der Waals surface area contributed by atoms with Crippen LogP contribution < -0.4 is 5.32 Å². The Morgan fingerprint density at radius 3 is 2.52 bits per heavy atom. The maximum Gasteiger partial charge on any atom is 0.338 e. The highest BCUT2D eigenvalue weighted by Crippen LogP contribution is 2.19. The molecule has 1 N–H and O–H groups in total.